The highest BCUT2D eigenvalue weighted by atomic mass is 35.5. The Balaban J connectivity index is 3.13. The second-order valence-corrected chi connectivity index (χ2v) is 7.35. The molecule has 0 aromatic carbocycles. The summed E-state index contributed by atoms with van der Waals surface area (Å²) in [5, 5.41) is 13.8. The topological polar surface area (TPSA) is 58.0 Å². The minimum atomic E-state index is -0.897. The van der Waals surface area contributed by atoms with E-state index in [-0.39, 0.29) is 5.41 Å². The highest BCUT2D eigenvalue weighted by Gasteiger charge is 2.35. The molecule has 0 fully saturated rings. The first kappa shape index (κ1) is 16.2. The monoisotopic (exact) mass is 285 g/mol. The van der Waals surface area contributed by atoms with E-state index in [4.69, 9.17) is 11.6 Å². The molecule has 0 aliphatic rings. The number of nitrogens with one attached hydrogen (secondary N) is 1. The molecule has 0 atom stereocenters. The van der Waals surface area contributed by atoms with Gasteiger partial charge in [-0.2, -0.15) is 0 Å². The molecule has 0 spiro atoms. The van der Waals surface area contributed by atoms with Crippen LogP contribution in [0.15, 0.2) is 6.07 Å². The molecule has 0 saturated heterocycles. The summed E-state index contributed by atoms with van der Waals surface area (Å²) in [6.45, 7) is 13.4. The number of aliphatic hydroxyl groups is 1. The van der Waals surface area contributed by atoms with Crippen LogP contribution in [-0.2, 0) is 5.41 Å². The molecule has 2 N–H and O–H groups in total. The van der Waals surface area contributed by atoms with Crippen molar-refractivity contribution in [3.63, 3.8) is 0 Å². The van der Waals surface area contributed by atoms with Crippen molar-refractivity contribution in [3.8, 4) is 0 Å². The van der Waals surface area contributed by atoms with Crippen molar-refractivity contribution in [2.24, 2.45) is 0 Å². The highest BCUT2D eigenvalue weighted by molar-refractivity contribution is 6.29. The fourth-order valence-electron chi connectivity index (χ4n) is 1.29. The Morgan fingerprint density at radius 2 is 1.58 bits per heavy atom. The van der Waals surface area contributed by atoms with E-state index in [2.05, 4.69) is 15.3 Å². The summed E-state index contributed by atoms with van der Waals surface area (Å²) in [6.07, 6.45) is 0. The predicted octanol–water partition coefficient (Wildman–Crippen LogP) is 3.39. The predicted molar refractivity (Wildman–Crippen MR) is 79.7 cm³/mol. The molecule has 0 aliphatic carbocycles. The van der Waals surface area contributed by atoms with Crippen molar-refractivity contribution < 1.29 is 5.11 Å². The third-order valence-electron chi connectivity index (χ3n) is 3.34. The van der Waals surface area contributed by atoms with Crippen LogP contribution in [0.5, 0.6) is 0 Å². The fraction of sp³-hybridized carbons (Fsp3) is 0.714. The van der Waals surface area contributed by atoms with Gasteiger partial charge in [0.1, 0.15) is 16.8 Å². The lowest BCUT2D eigenvalue weighted by Gasteiger charge is -2.38. The number of aromatic nitrogens is 2. The van der Waals surface area contributed by atoms with Gasteiger partial charge >= 0.3 is 0 Å². The minimum absolute atomic E-state index is 0.180. The van der Waals surface area contributed by atoms with Crippen LogP contribution in [0.4, 0.5) is 5.82 Å². The van der Waals surface area contributed by atoms with Crippen LogP contribution in [-0.4, -0.2) is 26.2 Å². The van der Waals surface area contributed by atoms with Gasteiger partial charge in [0, 0.05) is 11.5 Å². The number of anilines is 1. The normalized spacial score (nSPS) is 13.5. The fourth-order valence-corrected chi connectivity index (χ4v) is 1.47. The summed E-state index contributed by atoms with van der Waals surface area (Å²) in [6, 6.07) is 1.67. The van der Waals surface area contributed by atoms with Gasteiger partial charge in [-0.15, -0.1) is 0 Å². The molecule has 0 saturated carbocycles. The van der Waals surface area contributed by atoms with E-state index in [1.165, 1.54) is 0 Å². The number of hydrogen-bond donors (Lipinski definition) is 2. The van der Waals surface area contributed by atoms with Crippen LogP contribution in [0.2, 0.25) is 5.15 Å². The van der Waals surface area contributed by atoms with Crippen LogP contribution in [0.3, 0.4) is 0 Å². The van der Waals surface area contributed by atoms with E-state index in [0.717, 1.165) is 0 Å². The maximum absolute atomic E-state index is 10.2. The van der Waals surface area contributed by atoms with Gasteiger partial charge < -0.3 is 10.4 Å². The van der Waals surface area contributed by atoms with Crippen molar-refractivity contribution in [2.75, 3.05) is 5.32 Å². The second-order valence-electron chi connectivity index (χ2n) is 6.96. The molecule has 1 aromatic heterocycles. The van der Waals surface area contributed by atoms with Crippen LogP contribution in [0.1, 0.15) is 54.3 Å². The van der Waals surface area contributed by atoms with Crippen molar-refractivity contribution in [2.45, 2.75) is 65.0 Å². The van der Waals surface area contributed by atoms with Gasteiger partial charge in [0.25, 0.3) is 0 Å². The van der Waals surface area contributed by atoms with Crippen LogP contribution in [0, 0.1) is 0 Å². The molecular formula is C14H24ClN3O. The summed E-state index contributed by atoms with van der Waals surface area (Å²) < 4.78 is 0. The van der Waals surface area contributed by atoms with E-state index in [1.807, 2.05) is 34.6 Å². The quantitative estimate of drug-likeness (QED) is 0.836. The Bertz CT molecular complexity index is 459. The standard InChI is InChI=1S/C14H24ClN3O/c1-12(2,3)11-16-9(15)8-10(17-11)18-13(4,5)14(6,7)19/h8,19H,1-7H3,(H,16,17,18). The average Bonchev–Trinajstić information content (AvgIpc) is 2.12. The first-order valence-corrected chi connectivity index (χ1v) is 6.76. The Hall–Kier alpha value is -0.870. The summed E-state index contributed by atoms with van der Waals surface area (Å²) in [4.78, 5) is 8.73. The van der Waals surface area contributed by atoms with Crippen molar-refractivity contribution >= 4 is 17.4 Å². The molecule has 0 aliphatic heterocycles. The van der Waals surface area contributed by atoms with Crippen molar-refractivity contribution in [3.05, 3.63) is 17.0 Å². The molecule has 5 heteroatoms. The van der Waals surface area contributed by atoms with Gasteiger partial charge in [-0.05, 0) is 27.7 Å². The maximum atomic E-state index is 10.2. The maximum Gasteiger partial charge on any atom is 0.137 e. The molecular weight excluding hydrogens is 262 g/mol. The Labute approximate surface area is 120 Å². The SMILES string of the molecule is CC(C)(C)c1nc(Cl)cc(NC(C)(C)C(C)(C)O)n1. The molecule has 108 valence electrons. The van der Waals surface area contributed by atoms with E-state index in [0.29, 0.717) is 16.8 Å². The second kappa shape index (κ2) is 4.91. The molecule has 0 bridgehead atoms. The highest BCUT2D eigenvalue weighted by Crippen LogP contribution is 2.28. The lowest BCUT2D eigenvalue weighted by molar-refractivity contribution is 0.0238. The van der Waals surface area contributed by atoms with Crippen LogP contribution in [0.25, 0.3) is 0 Å². The Morgan fingerprint density at radius 3 is 2.00 bits per heavy atom. The Morgan fingerprint density at radius 1 is 1.05 bits per heavy atom. The lowest BCUT2D eigenvalue weighted by atomic mass is 9.86. The zero-order chi connectivity index (χ0) is 15.1. The average molecular weight is 286 g/mol. The summed E-state index contributed by atoms with van der Waals surface area (Å²) >= 11 is 6.05. The molecule has 4 nitrogen and oxygen atoms in total. The van der Waals surface area contributed by atoms with Crippen LogP contribution >= 0.6 is 11.6 Å². The molecule has 1 rings (SSSR count). The minimum Gasteiger partial charge on any atom is -0.388 e. The lowest BCUT2D eigenvalue weighted by Crippen LogP contribution is -2.51. The van der Waals surface area contributed by atoms with Crippen molar-refractivity contribution in [1.82, 2.24) is 9.97 Å². The zero-order valence-electron chi connectivity index (χ0n) is 12.8. The van der Waals surface area contributed by atoms with Gasteiger partial charge in [-0.3, -0.25) is 0 Å². The van der Waals surface area contributed by atoms with E-state index >= 15 is 0 Å². The molecule has 0 unspecified atom stereocenters. The molecule has 1 aromatic rings. The number of hydrogen-bond acceptors (Lipinski definition) is 4. The van der Waals surface area contributed by atoms with Gasteiger partial charge in [0.05, 0.1) is 11.1 Å². The summed E-state index contributed by atoms with van der Waals surface area (Å²) in [5.41, 5.74) is -1.62. The van der Waals surface area contributed by atoms with Gasteiger partial charge in [-0.25, -0.2) is 9.97 Å². The number of nitrogens with zero attached hydrogens (tertiary/aromatic N) is 2. The first-order chi connectivity index (χ1) is 8.33. The van der Waals surface area contributed by atoms with Gasteiger partial charge in [0.2, 0.25) is 0 Å². The third-order valence-corrected chi connectivity index (χ3v) is 3.53. The van der Waals surface area contributed by atoms with Gasteiger partial charge in [-0.1, -0.05) is 32.4 Å². The number of halogens is 1. The largest absolute Gasteiger partial charge is 0.388 e. The summed E-state index contributed by atoms with van der Waals surface area (Å²) in [5.74, 6) is 1.30. The van der Waals surface area contributed by atoms with Gasteiger partial charge in [0.15, 0.2) is 0 Å². The Kier molecular flexibility index (Phi) is 4.18. The first-order valence-electron chi connectivity index (χ1n) is 6.38. The smallest absolute Gasteiger partial charge is 0.137 e. The summed E-state index contributed by atoms with van der Waals surface area (Å²) in [7, 11) is 0. The van der Waals surface area contributed by atoms with E-state index in [9.17, 15) is 5.11 Å². The molecule has 0 amide bonds. The van der Waals surface area contributed by atoms with Crippen LogP contribution < -0.4 is 5.32 Å². The molecule has 0 radical (unpaired) electrons. The third kappa shape index (κ3) is 4.05. The van der Waals surface area contributed by atoms with E-state index in [1.54, 1.807) is 19.9 Å². The molecule has 1 heterocycles. The van der Waals surface area contributed by atoms with Crippen molar-refractivity contribution in [1.29, 1.82) is 0 Å². The van der Waals surface area contributed by atoms with E-state index < -0.39 is 11.1 Å². The number of rotatable bonds is 3. The molecule has 19 heavy (non-hydrogen) atoms. The zero-order valence-corrected chi connectivity index (χ0v) is 13.6.